The molecule has 1 N–H and O–H groups in total. The van der Waals surface area contributed by atoms with Gasteiger partial charge in [-0.25, -0.2) is 0 Å². The summed E-state index contributed by atoms with van der Waals surface area (Å²) in [7, 11) is 0. The van der Waals surface area contributed by atoms with E-state index in [1.807, 2.05) is 36.4 Å². The molecule has 1 aromatic heterocycles. The molecule has 0 saturated heterocycles. The number of nitrogens with zero attached hydrogens (tertiary/aromatic N) is 3. The second-order valence-corrected chi connectivity index (χ2v) is 6.79. The van der Waals surface area contributed by atoms with Gasteiger partial charge in [-0.15, -0.1) is 15.0 Å². The summed E-state index contributed by atoms with van der Waals surface area (Å²) in [6, 6.07) is 13.5. The summed E-state index contributed by atoms with van der Waals surface area (Å²) in [6.07, 6.45) is 6.02. The fraction of sp³-hybridized carbons (Fsp3) is 0.400. The molecule has 0 aliphatic heterocycles. The van der Waals surface area contributed by atoms with Crippen LogP contribution >= 0.6 is 0 Å². The zero-order valence-corrected chi connectivity index (χ0v) is 14.4. The van der Waals surface area contributed by atoms with Gasteiger partial charge in [0.15, 0.2) is 0 Å². The first-order chi connectivity index (χ1) is 11.6. The second kappa shape index (κ2) is 7.47. The first-order valence-electron chi connectivity index (χ1n) is 8.78. The van der Waals surface area contributed by atoms with Gasteiger partial charge in [0.25, 0.3) is 0 Å². The molecule has 4 heteroatoms. The van der Waals surface area contributed by atoms with E-state index in [1.165, 1.54) is 36.0 Å². The lowest BCUT2D eigenvalue weighted by Crippen LogP contribution is -2.00. The molecule has 0 atom stereocenters. The second-order valence-electron chi connectivity index (χ2n) is 6.79. The Morgan fingerprint density at radius 3 is 2.33 bits per heavy atom. The van der Waals surface area contributed by atoms with E-state index in [1.54, 1.807) is 6.07 Å². The minimum atomic E-state index is 0.207. The van der Waals surface area contributed by atoms with Gasteiger partial charge in [-0.1, -0.05) is 51.3 Å². The van der Waals surface area contributed by atoms with Gasteiger partial charge in [0.05, 0.1) is 0 Å². The Morgan fingerprint density at radius 2 is 1.67 bits per heavy atom. The van der Waals surface area contributed by atoms with Gasteiger partial charge in [-0.3, -0.25) is 0 Å². The molecule has 24 heavy (non-hydrogen) atoms. The smallest absolute Gasteiger partial charge is 0.143 e. The molecular formula is C20H25N3O. The summed E-state index contributed by atoms with van der Waals surface area (Å²) in [5.41, 5.74) is 3.52. The number of hydrogen-bond donors (Lipinski definition) is 1. The first-order valence-corrected chi connectivity index (χ1v) is 8.78. The van der Waals surface area contributed by atoms with Crippen LogP contribution in [0.3, 0.4) is 0 Å². The lowest BCUT2D eigenvalue weighted by Gasteiger charge is -2.08. The molecule has 0 amide bonds. The van der Waals surface area contributed by atoms with Gasteiger partial charge in [-0.2, -0.15) is 0 Å². The molecule has 3 aromatic rings. The molecule has 0 bridgehead atoms. The van der Waals surface area contributed by atoms with Crippen LogP contribution in [0.15, 0.2) is 42.5 Å². The summed E-state index contributed by atoms with van der Waals surface area (Å²) < 4.78 is 0. The van der Waals surface area contributed by atoms with E-state index < -0.39 is 0 Å². The van der Waals surface area contributed by atoms with E-state index in [9.17, 15) is 5.11 Å². The molecule has 1 heterocycles. The van der Waals surface area contributed by atoms with Crippen LogP contribution < -0.4 is 0 Å². The van der Waals surface area contributed by atoms with Crippen molar-refractivity contribution in [2.45, 2.75) is 46.0 Å². The maximum absolute atomic E-state index is 10.2. The Morgan fingerprint density at radius 1 is 0.958 bits per heavy atom. The zero-order valence-electron chi connectivity index (χ0n) is 14.4. The maximum atomic E-state index is 10.2. The average molecular weight is 323 g/mol. The fourth-order valence-electron chi connectivity index (χ4n) is 2.91. The maximum Gasteiger partial charge on any atom is 0.143 e. The quantitative estimate of drug-likeness (QED) is 0.630. The number of hydrogen-bond acceptors (Lipinski definition) is 3. The molecule has 0 radical (unpaired) electrons. The highest BCUT2D eigenvalue weighted by Crippen LogP contribution is 2.24. The molecule has 0 saturated carbocycles. The van der Waals surface area contributed by atoms with Crippen molar-refractivity contribution in [3.05, 3.63) is 48.0 Å². The van der Waals surface area contributed by atoms with Gasteiger partial charge in [0.1, 0.15) is 22.5 Å². The number of phenols is 1. The monoisotopic (exact) mass is 323 g/mol. The van der Waals surface area contributed by atoms with Gasteiger partial charge in [-0.05, 0) is 48.6 Å². The summed E-state index contributed by atoms with van der Waals surface area (Å²) in [5.74, 6) is 0.990. The highest BCUT2D eigenvalue weighted by Gasteiger charge is 2.09. The zero-order chi connectivity index (χ0) is 16.9. The topological polar surface area (TPSA) is 50.9 Å². The Labute approximate surface area is 143 Å². The Hall–Kier alpha value is -2.36. The molecule has 0 fully saturated rings. The molecular weight excluding hydrogens is 298 g/mol. The van der Waals surface area contributed by atoms with Crippen molar-refractivity contribution in [2.75, 3.05) is 0 Å². The van der Waals surface area contributed by atoms with Crippen molar-refractivity contribution in [1.29, 1.82) is 0 Å². The van der Waals surface area contributed by atoms with Gasteiger partial charge < -0.3 is 5.11 Å². The van der Waals surface area contributed by atoms with E-state index in [0.29, 0.717) is 5.69 Å². The van der Waals surface area contributed by atoms with Crippen LogP contribution in [0, 0.1) is 5.92 Å². The Balaban J connectivity index is 1.72. The van der Waals surface area contributed by atoms with Crippen molar-refractivity contribution in [2.24, 2.45) is 5.92 Å². The third-order valence-electron chi connectivity index (χ3n) is 4.29. The number of benzene rings is 2. The van der Waals surface area contributed by atoms with Crippen LogP contribution in [0.1, 0.15) is 45.1 Å². The molecule has 4 nitrogen and oxygen atoms in total. The fourth-order valence-corrected chi connectivity index (χ4v) is 2.91. The van der Waals surface area contributed by atoms with Crippen LogP contribution in [0.5, 0.6) is 5.75 Å². The van der Waals surface area contributed by atoms with Crippen LogP contribution in [-0.4, -0.2) is 20.1 Å². The van der Waals surface area contributed by atoms with Crippen molar-refractivity contribution >= 4 is 11.0 Å². The molecule has 3 rings (SSSR count). The van der Waals surface area contributed by atoms with Gasteiger partial charge >= 0.3 is 0 Å². The first kappa shape index (κ1) is 16.5. The third kappa shape index (κ3) is 3.94. The number of phenolic OH excluding ortho intramolecular Hbond substituents is 1. The highest BCUT2D eigenvalue weighted by molar-refractivity contribution is 5.73. The summed E-state index contributed by atoms with van der Waals surface area (Å²) in [6.45, 7) is 4.54. The van der Waals surface area contributed by atoms with E-state index in [4.69, 9.17) is 0 Å². The minimum absolute atomic E-state index is 0.207. The van der Waals surface area contributed by atoms with Crippen LogP contribution in [0.4, 0.5) is 0 Å². The number of aryl methyl sites for hydroxylation is 1. The van der Waals surface area contributed by atoms with Gasteiger partial charge in [0, 0.05) is 0 Å². The van der Waals surface area contributed by atoms with E-state index in [-0.39, 0.29) is 5.75 Å². The summed E-state index contributed by atoms with van der Waals surface area (Å²) in [5, 5.41) is 19.1. The number of unbranched alkanes of at least 4 members (excludes halogenated alkanes) is 2. The van der Waals surface area contributed by atoms with Gasteiger partial charge in [0.2, 0.25) is 0 Å². The molecule has 2 aromatic carbocycles. The number of aromatic hydroxyl groups is 1. The van der Waals surface area contributed by atoms with Crippen molar-refractivity contribution in [3.63, 3.8) is 0 Å². The Kier molecular flexibility index (Phi) is 5.14. The number of aromatic nitrogens is 3. The number of rotatable bonds is 7. The number of fused-ring (bicyclic) bond motifs is 1. The summed E-state index contributed by atoms with van der Waals surface area (Å²) >= 11 is 0. The largest absolute Gasteiger partial charge is 0.506 e. The van der Waals surface area contributed by atoms with Crippen molar-refractivity contribution < 1.29 is 5.11 Å². The molecule has 0 aliphatic carbocycles. The van der Waals surface area contributed by atoms with Crippen LogP contribution in [0.25, 0.3) is 16.7 Å². The third-order valence-corrected chi connectivity index (χ3v) is 4.29. The predicted octanol–water partition coefficient (Wildman–Crippen LogP) is 4.89. The normalized spacial score (nSPS) is 11.5. The molecule has 0 unspecified atom stereocenters. The Bertz CT molecular complexity index is 775. The van der Waals surface area contributed by atoms with E-state index >= 15 is 0 Å². The molecule has 126 valence electrons. The minimum Gasteiger partial charge on any atom is -0.506 e. The van der Waals surface area contributed by atoms with Crippen LogP contribution in [0.2, 0.25) is 0 Å². The lowest BCUT2D eigenvalue weighted by molar-refractivity contribution is 0.467. The summed E-state index contributed by atoms with van der Waals surface area (Å²) in [4.78, 5) is 1.53. The lowest BCUT2D eigenvalue weighted by atomic mass is 10.0. The standard InChI is InChI=1S/C20H25N3O/c1-15(2)8-4-3-5-9-16-12-13-20(24)19(14-16)23-21-17-10-6-7-11-18(17)22-23/h6-7,10-15,24H,3-5,8-9H2,1-2H3. The highest BCUT2D eigenvalue weighted by atomic mass is 16.3. The van der Waals surface area contributed by atoms with Crippen LogP contribution in [-0.2, 0) is 6.42 Å². The van der Waals surface area contributed by atoms with Crippen molar-refractivity contribution in [3.8, 4) is 11.4 Å². The SMILES string of the molecule is CC(C)CCCCCc1ccc(O)c(-n2nc3ccccc3n2)c1. The van der Waals surface area contributed by atoms with E-state index in [0.717, 1.165) is 23.4 Å². The molecule has 0 spiro atoms. The average Bonchev–Trinajstić information content (AvgIpc) is 2.99. The van der Waals surface area contributed by atoms with Crippen molar-refractivity contribution in [1.82, 2.24) is 15.0 Å². The predicted molar refractivity (Wildman–Crippen MR) is 97.5 cm³/mol. The van der Waals surface area contributed by atoms with E-state index in [2.05, 4.69) is 24.0 Å². The molecule has 0 aliphatic rings.